The lowest BCUT2D eigenvalue weighted by Gasteiger charge is -2.27. The highest BCUT2D eigenvalue weighted by molar-refractivity contribution is 7.89. The molecule has 1 saturated heterocycles. The summed E-state index contributed by atoms with van der Waals surface area (Å²) >= 11 is 0. The van der Waals surface area contributed by atoms with E-state index in [0.29, 0.717) is 0 Å². The molecule has 7 nitrogen and oxygen atoms in total. The van der Waals surface area contributed by atoms with Crippen LogP contribution >= 0.6 is 0 Å². The first-order valence-electron chi connectivity index (χ1n) is 10.7. The Morgan fingerprint density at radius 3 is 2.57 bits per heavy atom. The topological polar surface area (TPSA) is 102 Å². The molecule has 1 amide bonds. The van der Waals surface area contributed by atoms with Crippen LogP contribution in [0.1, 0.15) is 46.9 Å². The number of ether oxygens (including phenoxy) is 1. The Labute approximate surface area is 198 Å². The number of anilines is 2. The first-order chi connectivity index (χ1) is 16.2. The number of fused-ring (bicyclic) bond motifs is 1. The van der Waals surface area contributed by atoms with Crippen molar-refractivity contribution in [1.82, 2.24) is 0 Å². The number of nitrogens with zero attached hydrogens (tertiary/aromatic N) is 1. The zero-order valence-corrected chi connectivity index (χ0v) is 19.1. The Morgan fingerprint density at radius 1 is 1.14 bits per heavy atom. The molecule has 0 bridgehead atoms. The average molecular weight is 519 g/mol. The van der Waals surface area contributed by atoms with Crippen LogP contribution < -0.4 is 15.4 Å². The van der Waals surface area contributed by atoms with E-state index in [0.717, 1.165) is 6.07 Å². The van der Waals surface area contributed by atoms with Crippen molar-refractivity contribution >= 4 is 27.3 Å². The highest BCUT2D eigenvalue weighted by Gasteiger charge is 2.46. The number of hydrogen-bond acceptors (Lipinski definition) is 5. The van der Waals surface area contributed by atoms with Crippen molar-refractivity contribution in [2.45, 2.75) is 49.0 Å². The van der Waals surface area contributed by atoms with Crippen molar-refractivity contribution < 1.29 is 39.9 Å². The zero-order valence-electron chi connectivity index (χ0n) is 18.2. The molecule has 2 aliphatic heterocycles. The summed E-state index contributed by atoms with van der Waals surface area (Å²) in [5.41, 5.74) is 0.0958. The van der Waals surface area contributed by atoms with Crippen molar-refractivity contribution in [2.75, 3.05) is 23.3 Å². The second-order valence-corrected chi connectivity index (χ2v) is 10.1. The van der Waals surface area contributed by atoms with Crippen LogP contribution in [0.15, 0.2) is 41.3 Å². The molecule has 1 fully saturated rings. The van der Waals surface area contributed by atoms with E-state index in [1.807, 2.05) is 0 Å². The van der Waals surface area contributed by atoms with Gasteiger partial charge in [-0.1, -0.05) is 6.07 Å². The van der Waals surface area contributed by atoms with Crippen molar-refractivity contribution in [3.05, 3.63) is 53.1 Å². The third kappa shape index (κ3) is 5.57. The maximum absolute atomic E-state index is 13.9. The van der Waals surface area contributed by atoms with E-state index >= 15 is 0 Å². The number of alkyl halides is 5. The number of primary sulfonamides is 1. The lowest BCUT2D eigenvalue weighted by atomic mass is 9.98. The Morgan fingerprint density at radius 2 is 1.89 bits per heavy atom. The predicted molar refractivity (Wildman–Crippen MR) is 117 cm³/mol. The van der Waals surface area contributed by atoms with Crippen LogP contribution in [-0.2, 0) is 21.4 Å². The molecule has 35 heavy (non-hydrogen) atoms. The number of carbonyl (C=O) groups is 1. The second-order valence-electron chi connectivity index (χ2n) is 8.52. The first kappa shape index (κ1) is 25.3. The molecule has 2 aromatic carbocycles. The highest BCUT2D eigenvalue weighted by atomic mass is 32.2. The highest BCUT2D eigenvalue weighted by Crippen LogP contribution is 2.45. The van der Waals surface area contributed by atoms with Gasteiger partial charge in [-0.2, -0.15) is 13.2 Å². The third-order valence-electron chi connectivity index (χ3n) is 5.97. The van der Waals surface area contributed by atoms with Gasteiger partial charge in [-0.25, -0.2) is 22.3 Å². The number of rotatable bonds is 4. The predicted octanol–water partition coefficient (Wildman–Crippen LogP) is 4.35. The van der Waals surface area contributed by atoms with Gasteiger partial charge in [0.15, 0.2) is 6.10 Å². The van der Waals surface area contributed by atoms with Crippen LogP contribution in [0.25, 0.3) is 0 Å². The van der Waals surface area contributed by atoms with Crippen molar-refractivity contribution in [1.29, 1.82) is 0 Å². The molecule has 0 spiro atoms. The van der Waals surface area contributed by atoms with Gasteiger partial charge in [-0.05, 0) is 47.9 Å². The SMILES string of the molecule is NS(=O)(=O)c1cccc(NC(=O)c2cc3c(cc2N2CCCC(F)(F)CC2)[C@H](C(F)(F)F)OC3)c1. The van der Waals surface area contributed by atoms with Gasteiger partial charge in [0.05, 0.1) is 17.1 Å². The van der Waals surface area contributed by atoms with E-state index in [1.165, 1.54) is 35.2 Å². The summed E-state index contributed by atoms with van der Waals surface area (Å²) in [7, 11) is -4.05. The molecule has 13 heteroatoms. The van der Waals surface area contributed by atoms with Gasteiger partial charge < -0.3 is 15.0 Å². The lowest BCUT2D eigenvalue weighted by molar-refractivity contribution is -0.219. The molecular formula is C22H22F5N3O4S. The monoisotopic (exact) mass is 519 g/mol. The van der Waals surface area contributed by atoms with Crippen molar-refractivity contribution in [2.24, 2.45) is 5.14 Å². The Kier molecular flexibility index (Phi) is 6.53. The molecular weight excluding hydrogens is 497 g/mol. The molecule has 4 rings (SSSR count). The maximum Gasteiger partial charge on any atom is 0.418 e. The Bertz CT molecular complexity index is 1250. The molecule has 2 heterocycles. The number of halogens is 5. The van der Waals surface area contributed by atoms with Crippen LogP contribution in [0.3, 0.4) is 0 Å². The normalized spacial score (nSPS) is 20.3. The van der Waals surface area contributed by atoms with E-state index in [4.69, 9.17) is 9.88 Å². The van der Waals surface area contributed by atoms with Crippen LogP contribution in [0.5, 0.6) is 0 Å². The molecule has 0 unspecified atom stereocenters. The summed E-state index contributed by atoms with van der Waals surface area (Å²) in [6.07, 6.45) is -7.67. The molecule has 2 aliphatic rings. The molecule has 0 aliphatic carbocycles. The number of nitrogens with one attached hydrogen (secondary N) is 1. The van der Waals surface area contributed by atoms with E-state index in [1.54, 1.807) is 0 Å². The molecule has 0 radical (unpaired) electrons. The third-order valence-corrected chi connectivity index (χ3v) is 6.88. The van der Waals surface area contributed by atoms with Gasteiger partial charge in [-0.3, -0.25) is 4.79 Å². The van der Waals surface area contributed by atoms with Gasteiger partial charge in [-0.15, -0.1) is 0 Å². The number of sulfonamides is 1. The van der Waals surface area contributed by atoms with Crippen LogP contribution in [-0.4, -0.2) is 39.5 Å². The minimum atomic E-state index is -4.69. The van der Waals surface area contributed by atoms with Crippen LogP contribution in [0.4, 0.5) is 33.3 Å². The number of benzene rings is 2. The van der Waals surface area contributed by atoms with Crippen molar-refractivity contribution in [3.8, 4) is 0 Å². The minimum Gasteiger partial charge on any atom is -0.371 e. The number of hydrogen-bond donors (Lipinski definition) is 2. The smallest absolute Gasteiger partial charge is 0.371 e. The van der Waals surface area contributed by atoms with E-state index in [9.17, 15) is 35.2 Å². The zero-order chi connectivity index (χ0) is 25.6. The molecule has 0 saturated carbocycles. The van der Waals surface area contributed by atoms with Gasteiger partial charge in [0, 0.05) is 37.3 Å². The summed E-state index contributed by atoms with van der Waals surface area (Å²) < 4.78 is 96.5. The largest absolute Gasteiger partial charge is 0.418 e. The first-order valence-corrected chi connectivity index (χ1v) is 12.2. The maximum atomic E-state index is 13.9. The fourth-order valence-electron chi connectivity index (χ4n) is 4.25. The van der Waals surface area contributed by atoms with Gasteiger partial charge in [0.2, 0.25) is 15.9 Å². The van der Waals surface area contributed by atoms with E-state index < -0.39 is 40.6 Å². The van der Waals surface area contributed by atoms with Gasteiger partial charge in [0.25, 0.3) is 5.91 Å². The fourth-order valence-corrected chi connectivity index (χ4v) is 4.81. The Balaban J connectivity index is 1.74. The molecule has 2 aromatic rings. The summed E-state index contributed by atoms with van der Waals surface area (Å²) in [5, 5.41) is 7.64. The summed E-state index contributed by atoms with van der Waals surface area (Å²) in [5.74, 6) is -3.67. The quantitative estimate of drug-likeness (QED) is 0.585. The molecule has 1 atom stereocenters. The number of carbonyl (C=O) groups excluding carboxylic acids is 1. The van der Waals surface area contributed by atoms with Crippen LogP contribution in [0, 0.1) is 0 Å². The van der Waals surface area contributed by atoms with E-state index in [2.05, 4.69) is 5.32 Å². The van der Waals surface area contributed by atoms with E-state index in [-0.39, 0.29) is 65.5 Å². The van der Waals surface area contributed by atoms with Gasteiger partial charge in [0.1, 0.15) is 0 Å². The molecule has 3 N–H and O–H groups in total. The van der Waals surface area contributed by atoms with Crippen molar-refractivity contribution in [3.63, 3.8) is 0 Å². The Hall–Kier alpha value is -2.77. The summed E-state index contributed by atoms with van der Waals surface area (Å²) in [4.78, 5) is 14.4. The summed E-state index contributed by atoms with van der Waals surface area (Å²) in [6, 6.07) is 7.58. The molecule has 190 valence electrons. The minimum absolute atomic E-state index is 0.0404. The second kappa shape index (κ2) is 9.03. The average Bonchev–Trinajstić information content (AvgIpc) is 3.09. The molecule has 0 aromatic heterocycles. The number of amides is 1. The standard InChI is InChI=1S/C22H22F5N3O4S/c23-21(24)5-2-7-30(8-6-21)18-11-16-13(12-34-19(16)22(25,26)27)9-17(18)20(31)29-14-3-1-4-15(10-14)35(28,32)33/h1,3-4,9-11,19H,2,5-8,12H2,(H,29,31)(H2,28,32,33)/t19-/m1/s1. The fraction of sp³-hybridized carbons (Fsp3) is 0.409. The lowest BCUT2D eigenvalue weighted by Crippen LogP contribution is -2.29. The number of nitrogens with two attached hydrogens (primary N) is 1. The van der Waals surface area contributed by atoms with Gasteiger partial charge >= 0.3 is 6.18 Å². The summed E-state index contributed by atoms with van der Waals surface area (Å²) in [6.45, 7) is -0.420. The van der Waals surface area contributed by atoms with Crippen LogP contribution in [0.2, 0.25) is 0 Å².